The summed E-state index contributed by atoms with van der Waals surface area (Å²) in [6.07, 6.45) is 2.03. The van der Waals surface area contributed by atoms with E-state index in [9.17, 15) is 4.79 Å². The topological polar surface area (TPSA) is 63.2 Å². The normalized spacial score (nSPS) is 10.6. The summed E-state index contributed by atoms with van der Waals surface area (Å²) in [6.45, 7) is 2.54. The third kappa shape index (κ3) is 3.98. The van der Waals surface area contributed by atoms with Crippen LogP contribution in [0.2, 0.25) is 0 Å². The number of hydrogen-bond donors (Lipinski definition) is 2. The quantitative estimate of drug-likeness (QED) is 0.625. The van der Waals surface area contributed by atoms with Crippen LogP contribution < -0.4 is 15.4 Å². The van der Waals surface area contributed by atoms with Gasteiger partial charge in [-0.1, -0.05) is 11.3 Å². The van der Waals surface area contributed by atoms with Crippen LogP contribution in [0.4, 0.5) is 15.6 Å². The number of aromatic nitrogens is 1. The summed E-state index contributed by atoms with van der Waals surface area (Å²) in [5, 5.41) is 6.14. The molecule has 124 valence electrons. The van der Waals surface area contributed by atoms with Crippen molar-refractivity contribution in [3.05, 3.63) is 42.5 Å². The molecule has 0 aliphatic carbocycles. The Bertz CT molecular complexity index is 847. The SMILES string of the molecule is CCOc1ccc(NC(=O)Nc2nc3ccc(SC)cc3s2)cc1. The van der Waals surface area contributed by atoms with Crippen molar-refractivity contribution in [2.75, 3.05) is 23.5 Å². The maximum atomic E-state index is 12.1. The highest BCUT2D eigenvalue weighted by atomic mass is 32.2. The molecule has 5 nitrogen and oxygen atoms in total. The van der Waals surface area contributed by atoms with Crippen LogP contribution in [0.25, 0.3) is 10.2 Å². The van der Waals surface area contributed by atoms with Gasteiger partial charge in [0.1, 0.15) is 5.75 Å². The first-order valence-corrected chi connectivity index (χ1v) is 9.47. The number of thiazole rings is 1. The van der Waals surface area contributed by atoms with Gasteiger partial charge in [0.25, 0.3) is 0 Å². The van der Waals surface area contributed by atoms with Crippen molar-refractivity contribution in [3.8, 4) is 5.75 Å². The molecule has 0 fully saturated rings. The number of fused-ring (bicyclic) bond motifs is 1. The largest absolute Gasteiger partial charge is 0.494 e. The van der Waals surface area contributed by atoms with E-state index in [1.807, 2.05) is 37.4 Å². The van der Waals surface area contributed by atoms with Crippen molar-refractivity contribution in [1.29, 1.82) is 0 Å². The summed E-state index contributed by atoms with van der Waals surface area (Å²) >= 11 is 3.14. The van der Waals surface area contributed by atoms with Crippen LogP contribution in [0.15, 0.2) is 47.4 Å². The standard InChI is InChI=1S/C17H17N3O2S2/c1-3-22-12-6-4-11(5-7-12)18-16(21)20-17-19-14-9-8-13(23-2)10-15(14)24-17/h4-10H,3H2,1-2H3,(H2,18,19,20,21). The number of nitrogens with zero attached hydrogens (tertiary/aromatic N) is 1. The highest BCUT2D eigenvalue weighted by Crippen LogP contribution is 2.29. The van der Waals surface area contributed by atoms with Crippen LogP contribution in [0, 0.1) is 0 Å². The van der Waals surface area contributed by atoms with Gasteiger partial charge in [-0.3, -0.25) is 5.32 Å². The zero-order valence-electron chi connectivity index (χ0n) is 13.3. The Kier molecular flexibility index (Phi) is 5.22. The second kappa shape index (κ2) is 7.55. The molecule has 0 bridgehead atoms. The minimum atomic E-state index is -0.316. The molecule has 7 heteroatoms. The fraction of sp³-hybridized carbons (Fsp3) is 0.176. The number of thioether (sulfide) groups is 1. The monoisotopic (exact) mass is 359 g/mol. The summed E-state index contributed by atoms with van der Waals surface area (Å²) in [7, 11) is 0. The van der Waals surface area contributed by atoms with E-state index >= 15 is 0 Å². The van der Waals surface area contributed by atoms with Gasteiger partial charge in [-0.05, 0) is 55.6 Å². The fourth-order valence-corrected chi connectivity index (χ4v) is 3.56. The molecule has 2 N–H and O–H groups in total. The number of anilines is 2. The van der Waals surface area contributed by atoms with E-state index in [0.29, 0.717) is 17.4 Å². The number of amides is 2. The molecular formula is C17H17N3O2S2. The minimum Gasteiger partial charge on any atom is -0.494 e. The fourth-order valence-electron chi connectivity index (χ4n) is 2.15. The molecule has 3 aromatic rings. The molecule has 0 aliphatic rings. The summed E-state index contributed by atoms with van der Waals surface area (Å²) in [5.41, 5.74) is 1.58. The lowest BCUT2D eigenvalue weighted by Gasteiger charge is -2.07. The second-order valence-corrected chi connectivity index (χ2v) is 6.80. The first-order valence-electron chi connectivity index (χ1n) is 7.43. The molecule has 2 aromatic carbocycles. The van der Waals surface area contributed by atoms with Gasteiger partial charge in [-0.25, -0.2) is 9.78 Å². The highest BCUT2D eigenvalue weighted by Gasteiger charge is 2.08. The molecular weight excluding hydrogens is 342 g/mol. The molecule has 0 radical (unpaired) electrons. The van der Waals surface area contributed by atoms with Crippen molar-refractivity contribution in [3.63, 3.8) is 0 Å². The summed E-state index contributed by atoms with van der Waals surface area (Å²) in [6, 6.07) is 13.0. The first kappa shape index (κ1) is 16.6. The van der Waals surface area contributed by atoms with Crippen molar-refractivity contribution >= 4 is 50.2 Å². The van der Waals surface area contributed by atoms with E-state index in [0.717, 1.165) is 16.0 Å². The summed E-state index contributed by atoms with van der Waals surface area (Å²) in [5.74, 6) is 0.777. The van der Waals surface area contributed by atoms with Gasteiger partial charge in [0, 0.05) is 10.6 Å². The van der Waals surface area contributed by atoms with E-state index in [1.54, 1.807) is 23.9 Å². The number of carbonyl (C=O) groups excluding carboxylic acids is 1. The molecule has 2 amide bonds. The smallest absolute Gasteiger partial charge is 0.325 e. The van der Waals surface area contributed by atoms with E-state index in [-0.39, 0.29) is 6.03 Å². The molecule has 0 spiro atoms. The van der Waals surface area contributed by atoms with Crippen molar-refractivity contribution in [1.82, 2.24) is 4.98 Å². The molecule has 1 aromatic heterocycles. The van der Waals surface area contributed by atoms with E-state index in [4.69, 9.17) is 4.74 Å². The molecule has 0 aliphatic heterocycles. The third-order valence-electron chi connectivity index (χ3n) is 3.24. The van der Waals surface area contributed by atoms with E-state index in [2.05, 4.69) is 21.7 Å². The Morgan fingerprint density at radius 3 is 2.71 bits per heavy atom. The third-order valence-corrected chi connectivity index (χ3v) is 4.90. The Morgan fingerprint density at radius 2 is 2.00 bits per heavy atom. The molecule has 3 rings (SSSR count). The average Bonchev–Trinajstić information content (AvgIpc) is 2.97. The van der Waals surface area contributed by atoms with Gasteiger partial charge in [-0.15, -0.1) is 11.8 Å². The van der Waals surface area contributed by atoms with Gasteiger partial charge in [0.05, 0.1) is 16.8 Å². The van der Waals surface area contributed by atoms with Crippen LogP contribution in [-0.4, -0.2) is 23.9 Å². The zero-order valence-corrected chi connectivity index (χ0v) is 15.0. The van der Waals surface area contributed by atoms with Gasteiger partial charge in [-0.2, -0.15) is 0 Å². The van der Waals surface area contributed by atoms with Crippen LogP contribution in [0.1, 0.15) is 6.92 Å². The molecule has 1 heterocycles. The predicted octanol–water partition coefficient (Wildman–Crippen LogP) is 5.06. The first-order chi connectivity index (χ1) is 11.7. The number of benzene rings is 2. The molecule has 0 atom stereocenters. The van der Waals surface area contributed by atoms with E-state index in [1.165, 1.54) is 16.2 Å². The highest BCUT2D eigenvalue weighted by molar-refractivity contribution is 7.98. The van der Waals surface area contributed by atoms with Gasteiger partial charge < -0.3 is 10.1 Å². The summed E-state index contributed by atoms with van der Waals surface area (Å²) < 4.78 is 6.43. The second-order valence-electron chi connectivity index (χ2n) is 4.89. The van der Waals surface area contributed by atoms with Crippen molar-refractivity contribution in [2.24, 2.45) is 0 Å². The molecule has 0 unspecified atom stereocenters. The maximum Gasteiger partial charge on any atom is 0.325 e. The Hall–Kier alpha value is -2.25. The number of carbonyl (C=O) groups is 1. The number of ether oxygens (including phenoxy) is 1. The van der Waals surface area contributed by atoms with Crippen LogP contribution in [-0.2, 0) is 0 Å². The number of hydrogen-bond acceptors (Lipinski definition) is 5. The van der Waals surface area contributed by atoms with Crippen LogP contribution in [0.5, 0.6) is 5.75 Å². The number of rotatable bonds is 5. The van der Waals surface area contributed by atoms with Gasteiger partial charge in [0.15, 0.2) is 5.13 Å². The molecule has 24 heavy (non-hydrogen) atoms. The lowest BCUT2D eigenvalue weighted by molar-refractivity contribution is 0.262. The lowest BCUT2D eigenvalue weighted by Crippen LogP contribution is -2.19. The average molecular weight is 359 g/mol. The van der Waals surface area contributed by atoms with Crippen LogP contribution >= 0.6 is 23.1 Å². The molecule has 0 saturated heterocycles. The zero-order chi connectivity index (χ0) is 16.9. The van der Waals surface area contributed by atoms with Crippen LogP contribution in [0.3, 0.4) is 0 Å². The predicted molar refractivity (Wildman–Crippen MR) is 102 cm³/mol. The maximum absolute atomic E-state index is 12.1. The number of nitrogens with one attached hydrogen (secondary N) is 2. The lowest BCUT2D eigenvalue weighted by atomic mass is 10.3. The molecule has 0 saturated carbocycles. The Morgan fingerprint density at radius 1 is 1.21 bits per heavy atom. The van der Waals surface area contributed by atoms with Gasteiger partial charge in [0.2, 0.25) is 0 Å². The van der Waals surface area contributed by atoms with Crippen molar-refractivity contribution < 1.29 is 9.53 Å². The van der Waals surface area contributed by atoms with Crippen molar-refractivity contribution in [2.45, 2.75) is 11.8 Å². The summed E-state index contributed by atoms with van der Waals surface area (Å²) in [4.78, 5) is 17.7. The van der Waals surface area contributed by atoms with E-state index < -0.39 is 0 Å². The minimum absolute atomic E-state index is 0.316. The Labute approximate surface area is 148 Å². The Balaban J connectivity index is 1.65. The number of urea groups is 1. The van der Waals surface area contributed by atoms with Gasteiger partial charge >= 0.3 is 6.03 Å².